The van der Waals surface area contributed by atoms with Crippen molar-refractivity contribution in [2.75, 3.05) is 0 Å². The van der Waals surface area contributed by atoms with Crippen LogP contribution in [0.15, 0.2) is 36.0 Å². The van der Waals surface area contributed by atoms with Crippen LogP contribution in [0.25, 0.3) is 0 Å². The molecule has 2 aliphatic heterocycles. The van der Waals surface area contributed by atoms with Crippen LogP contribution in [0.5, 0.6) is 0 Å². The fourth-order valence-corrected chi connectivity index (χ4v) is 3.69. The fraction of sp³-hybridized carbons (Fsp3) is 0.550. The minimum atomic E-state index is -1.39. The van der Waals surface area contributed by atoms with Crippen LogP contribution >= 0.6 is 0 Å². The first-order valence-electron chi connectivity index (χ1n) is 8.90. The number of allylic oxidation sites excluding steroid dienone is 1. The lowest BCUT2D eigenvalue weighted by Crippen LogP contribution is -2.45. The Hall–Kier alpha value is -2.25. The van der Waals surface area contributed by atoms with E-state index in [9.17, 15) is 19.5 Å². The van der Waals surface area contributed by atoms with Crippen LogP contribution in [0.4, 0.5) is 0 Å². The van der Waals surface area contributed by atoms with Gasteiger partial charge in [0.2, 0.25) is 0 Å². The second kappa shape index (κ2) is 6.73. The molecule has 1 saturated carbocycles. The Morgan fingerprint density at radius 1 is 1.33 bits per heavy atom. The maximum atomic E-state index is 12.6. The summed E-state index contributed by atoms with van der Waals surface area (Å²) in [5.41, 5.74) is -0.246. The highest BCUT2D eigenvalue weighted by atomic mass is 16.6. The van der Waals surface area contributed by atoms with Crippen LogP contribution in [-0.4, -0.2) is 52.8 Å². The molecule has 0 amide bonds. The molecule has 0 aromatic carbocycles. The Kier molecular flexibility index (Phi) is 4.86. The molecule has 7 nitrogen and oxygen atoms in total. The van der Waals surface area contributed by atoms with E-state index in [0.29, 0.717) is 12.0 Å². The van der Waals surface area contributed by atoms with Gasteiger partial charge < -0.3 is 19.3 Å². The SMILES string of the molecule is C=C1C(=O)O[C@@H]2C[C@@]3(C)O[C@H]3CC(=O)C(=C)[C@H](OC(=O)/C(C)=C\C)[C@H](O)[C@@H]12. The molecule has 2 saturated heterocycles. The molecule has 6 atom stereocenters. The lowest BCUT2D eigenvalue weighted by Gasteiger charge is -2.31. The minimum Gasteiger partial charge on any atom is -0.458 e. The van der Waals surface area contributed by atoms with Crippen molar-refractivity contribution in [2.24, 2.45) is 5.92 Å². The molecular weight excluding hydrogens is 352 g/mol. The van der Waals surface area contributed by atoms with Gasteiger partial charge in [0.15, 0.2) is 11.9 Å². The summed E-state index contributed by atoms with van der Waals surface area (Å²) in [4.78, 5) is 36.9. The molecule has 0 spiro atoms. The van der Waals surface area contributed by atoms with Crippen LogP contribution in [0.2, 0.25) is 0 Å². The first-order chi connectivity index (χ1) is 12.6. The summed E-state index contributed by atoms with van der Waals surface area (Å²) in [6, 6.07) is 0. The van der Waals surface area contributed by atoms with Crippen LogP contribution in [-0.2, 0) is 28.6 Å². The number of hydrogen-bond acceptors (Lipinski definition) is 7. The number of hydrogen-bond donors (Lipinski definition) is 1. The fourth-order valence-electron chi connectivity index (χ4n) is 3.69. The number of rotatable bonds is 2. The summed E-state index contributed by atoms with van der Waals surface area (Å²) in [6.45, 7) is 12.6. The summed E-state index contributed by atoms with van der Waals surface area (Å²) in [7, 11) is 0. The normalized spacial score (nSPS) is 39.4. The number of Topliss-reactive ketones (excluding diaryl/α,β-unsaturated/α-hetero) is 1. The van der Waals surface area contributed by atoms with Crippen molar-refractivity contribution in [3.05, 3.63) is 36.0 Å². The van der Waals surface area contributed by atoms with Crippen molar-refractivity contribution in [1.29, 1.82) is 0 Å². The van der Waals surface area contributed by atoms with Gasteiger partial charge in [0.1, 0.15) is 12.2 Å². The van der Waals surface area contributed by atoms with Gasteiger partial charge in [-0.25, -0.2) is 9.59 Å². The molecule has 0 aromatic heterocycles. The van der Waals surface area contributed by atoms with Crippen molar-refractivity contribution in [3.63, 3.8) is 0 Å². The molecule has 146 valence electrons. The summed E-state index contributed by atoms with van der Waals surface area (Å²) in [6.07, 6.45) is -1.77. The van der Waals surface area contributed by atoms with Crippen LogP contribution < -0.4 is 0 Å². The number of epoxide rings is 1. The molecule has 0 radical (unpaired) electrons. The molecule has 3 fully saturated rings. The summed E-state index contributed by atoms with van der Waals surface area (Å²) < 4.78 is 16.5. The zero-order valence-corrected chi connectivity index (χ0v) is 15.7. The number of carbonyl (C=O) groups is 3. The number of aliphatic hydroxyl groups is 1. The van der Waals surface area contributed by atoms with Crippen molar-refractivity contribution in [2.45, 2.75) is 63.6 Å². The largest absolute Gasteiger partial charge is 0.458 e. The number of ketones is 1. The van der Waals surface area contributed by atoms with Gasteiger partial charge in [-0.1, -0.05) is 19.2 Å². The van der Waals surface area contributed by atoms with Crippen molar-refractivity contribution >= 4 is 17.7 Å². The number of ether oxygens (including phenoxy) is 3. The highest BCUT2D eigenvalue weighted by Gasteiger charge is 2.59. The van der Waals surface area contributed by atoms with Gasteiger partial charge >= 0.3 is 11.9 Å². The van der Waals surface area contributed by atoms with Gasteiger partial charge in [-0.2, -0.15) is 0 Å². The molecule has 7 heteroatoms. The summed E-state index contributed by atoms with van der Waals surface area (Å²) in [5.74, 6) is -2.47. The Morgan fingerprint density at radius 3 is 2.63 bits per heavy atom. The molecule has 27 heavy (non-hydrogen) atoms. The zero-order valence-electron chi connectivity index (χ0n) is 15.7. The molecule has 1 N–H and O–H groups in total. The first-order valence-corrected chi connectivity index (χ1v) is 8.90. The maximum absolute atomic E-state index is 12.6. The zero-order chi connectivity index (χ0) is 20.1. The molecule has 2 heterocycles. The van der Waals surface area contributed by atoms with E-state index in [0.717, 1.165) is 0 Å². The second-order valence-corrected chi connectivity index (χ2v) is 7.56. The third-order valence-electron chi connectivity index (χ3n) is 5.70. The van der Waals surface area contributed by atoms with Gasteiger partial charge in [-0.15, -0.1) is 0 Å². The van der Waals surface area contributed by atoms with Gasteiger partial charge in [0, 0.05) is 29.6 Å². The highest BCUT2D eigenvalue weighted by Crippen LogP contribution is 2.48. The Bertz CT molecular complexity index is 764. The van der Waals surface area contributed by atoms with E-state index in [1.165, 1.54) is 0 Å². The maximum Gasteiger partial charge on any atom is 0.334 e. The summed E-state index contributed by atoms with van der Waals surface area (Å²) in [5, 5.41) is 11.0. The van der Waals surface area contributed by atoms with E-state index < -0.39 is 41.8 Å². The summed E-state index contributed by atoms with van der Waals surface area (Å²) >= 11 is 0. The number of fused-ring (bicyclic) bond motifs is 2. The third kappa shape index (κ3) is 3.37. The van der Waals surface area contributed by atoms with Crippen LogP contribution in [0.1, 0.15) is 33.6 Å². The van der Waals surface area contributed by atoms with Crippen LogP contribution in [0.3, 0.4) is 0 Å². The Balaban J connectivity index is 1.97. The Labute approximate surface area is 157 Å². The predicted molar refractivity (Wildman–Crippen MR) is 94.5 cm³/mol. The minimum absolute atomic E-state index is 0.0367. The molecule has 0 unspecified atom stereocenters. The average molecular weight is 376 g/mol. The van der Waals surface area contributed by atoms with Crippen LogP contribution in [0, 0.1) is 5.92 Å². The topological polar surface area (TPSA) is 102 Å². The molecular formula is C20H24O7. The molecule has 0 bridgehead atoms. The molecule has 0 aromatic rings. The number of aliphatic hydroxyl groups excluding tert-OH is 1. The third-order valence-corrected chi connectivity index (χ3v) is 5.70. The molecule has 3 rings (SSSR count). The quantitative estimate of drug-likeness (QED) is 0.441. The van der Waals surface area contributed by atoms with Crippen molar-refractivity contribution in [3.8, 4) is 0 Å². The lowest BCUT2D eigenvalue weighted by atomic mass is 9.79. The number of carbonyl (C=O) groups excluding carboxylic acids is 3. The highest BCUT2D eigenvalue weighted by molar-refractivity contribution is 5.98. The number of esters is 2. The lowest BCUT2D eigenvalue weighted by molar-refractivity contribution is -0.152. The Morgan fingerprint density at radius 2 is 2.00 bits per heavy atom. The van der Waals surface area contributed by atoms with E-state index in [-0.39, 0.29) is 29.5 Å². The predicted octanol–water partition coefficient (Wildman–Crippen LogP) is 1.40. The van der Waals surface area contributed by atoms with Gasteiger partial charge in [0.05, 0.1) is 17.6 Å². The second-order valence-electron chi connectivity index (χ2n) is 7.56. The molecule has 1 aliphatic carbocycles. The van der Waals surface area contributed by atoms with Crippen molar-refractivity contribution < 1.29 is 33.7 Å². The monoisotopic (exact) mass is 376 g/mol. The van der Waals surface area contributed by atoms with Crippen molar-refractivity contribution in [1.82, 2.24) is 0 Å². The van der Waals surface area contributed by atoms with Gasteiger partial charge in [-0.3, -0.25) is 4.79 Å². The smallest absolute Gasteiger partial charge is 0.334 e. The van der Waals surface area contributed by atoms with E-state index in [2.05, 4.69) is 13.2 Å². The molecule has 3 aliphatic rings. The first kappa shape index (κ1) is 19.5. The van der Waals surface area contributed by atoms with Gasteiger partial charge in [-0.05, 0) is 20.8 Å². The standard InChI is InChI=1S/C20H24O7/c1-6-9(2)18(23)26-17-10(3)12(21)7-14-20(5,27-14)8-13-15(16(17)22)11(4)19(24)25-13/h6,13-17,22H,3-4,7-8H2,1-2,5H3/b9-6-/t13-,14+,15+,16-,17+,20-/m1/s1. The average Bonchev–Trinajstić information content (AvgIpc) is 3.15. The van der Waals surface area contributed by atoms with Gasteiger partial charge in [0.25, 0.3) is 0 Å². The van der Waals surface area contributed by atoms with E-state index in [1.807, 2.05) is 6.92 Å². The van der Waals surface area contributed by atoms with E-state index in [1.54, 1.807) is 19.9 Å². The van der Waals surface area contributed by atoms with E-state index in [4.69, 9.17) is 14.2 Å². The van der Waals surface area contributed by atoms with E-state index >= 15 is 0 Å².